The maximum absolute atomic E-state index is 11.7. The summed E-state index contributed by atoms with van der Waals surface area (Å²) in [6.07, 6.45) is 4.25. The largest absolute Gasteiger partial charge is 0.324 e. The lowest BCUT2D eigenvalue weighted by Crippen LogP contribution is -2.27. The fourth-order valence-electron chi connectivity index (χ4n) is 1.42. The number of hydrogen-bond donors (Lipinski definition) is 1. The molecule has 1 fully saturated rings. The number of carbonyl (C=O) groups is 1. The average Bonchev–Trinajstić information content (AvgIpc) is 3.01. The first-order valence-electron chi connectivity index (χ1n) is 5.74. The molecule has 0 bridgehead atoms. The van der Waals surface area contributed by atoms with Crippen molar-refractivity contribution >= 4 is 11.6 Å². The Bertz CT molecular complexity index is 385. The Kier molecular flexibility index (Phi) is 2.70. The molecular formula is C13H18N2O. The third-order valence-corrected chi connectivity index (χ3v) is 2.72. The summed E-state index contributed by atoms with van der Waals surface area (Å²) in [7, 11) is 0. The summed E-state index contributed by atoms with van der Waals surface area (Å²) >= 11 is 0. The summed E-state index contributed by atoms with van der Waals surface area (Å²) in [6, 6.07) is 3.94. The molecule has 3 heteroatoms. The first-order valence-corrected chi connectivity index (χ1v) is 5.74. The first kappa shape index (κ1) is 11.1. The predicted molar refractivity (Wildman–Crippen MR) is 64.3 cm³/mol. The molecule has 1 N–H and O–H groups in total. The number of anilines is 1. The topological polar surface area (TPSA) is 42.0 Å². The van der Waals surface area contributed by atoms with Crippen molar-refractivity contribution in [3.8, 4) is 0 Å². The molecule has 1 aliphatic rings. The highest BCUT2D eigenvalue weighted by atomic mass is 16.2. The van der Waals surface area contributed by atoms with Crippen LogP contribution in [0.15, 0.2) is 18.3 Å². The zero-order chi connectivity index (χ0) is 11.8. The van der Waals surface area contributed by atoms with Gasteiger partial charge in [0.1, 0.15) is 0 Å². The molecule has 0 aliphatic heterocycles. The first-order chi connectivity index (χ1) is 7.47. The molecule has 0 atom stereocenters. The molecule has 86 valence electrons. The molecule has 0 radical (unpaired) electrons. The van der Waals surface area contributed by atoms with E-state index in [0.717, 1.165) is 11.4 Å². The van der Waals surface area contributed by atoms with E-state index in [-0.39, 0.29) is 11.3 Å². The molecule has 0 aromatic carbocycles. The molecule has 2 rings (SSSR count). The van der Waals surface area contributed by atoms with Crippen LogP contribution in [0.2, 0.25) is 0 Å². The minimum atomic E-state index is -0.366. The molecule has 0 saturated heterocycles. The van der Waals surface area contributed by atoms with Crippen LogP contribution in [0.3, 0.4) is 0 Å². The summed E-state index contributed by atoms with van der Waals surface area (Å²) < 4.78 is 0. The molecule has 1 aromatic heterocycles. The lowest BCUT2D eigenvalue weighted by molar-refractivity contribution is -0.123. The van der Waals surface area contributed by atoms with Crippen LogP contribution in [-0.2, 0) is 4.79 Å². The summed E-state index contributed by atoms with van der Waals surface area (Å²) in [5, 5.41) is 2.87. The second kappa shape index (κ2) is 3.89. The van der Waals surface area contributed by atoms with Crippen molar-refractivity contribution in [2.24, 2.45) is 5.41 Å². The summed E-state index contributed by atoms with van der Waals surface area (Å²) in [6.45, 7) is 5.69. The molecule has 0 spiro atoms. The Morgan fingerprint density at radius 1 is 1.38 bits per heavy atom. The number of nitrogens with one attached hydrogen (secondary N) is 1. The fraction of sp³-hybridized carbons (Fsp3) is 0.538. The molecule has 1 heterocycles. The van der Waals surface area contributed by atoms with Gasteiger partial charge in [-0.15, -0.1) is 0 Å². The maximum Gasteiger partial charge on any atom is 0.229 e. The summed E-state index contributed by atoms with van der Waals surface area (Å²) in [5.41, 5.74) is 1.56. The number of aromatic nitrogens is 1. The van der Waals surface area contributed by atoms with Gasteiger partial charge in [0.05, 0.1) is 11.9 Å². The van der Waals surface area contributed by atoms with Crippen LogP contribution in [0.4, 0.5) is 5.69 Å². The second-order valence-electron chi connectivity index (χ2n) is 5.45. The molecule has 16 heavy (non-hydrogen) atoms. The lowest BCUT2D eigenvalue weighted by Gasteiger charge is -2.17. The Morgan fingerprint density at radius 2 is 2.06 bits per heavy atom. The smallest absolute Gasteiger partial charge is 0.229 e. The van der Waals surface area contributed by atoms with Gasteiger partial charge in [0.15, 0.2) is 0 Å². The van der Waals surface area contributed by atoms with Gasteiger partial charge < -0.3 is 5.32 Å². The van der Waals surface area contributed by atoms with Gasteiger partial charge in [0.2, 0.25) is 5.91 Å². The van der Waals surface area contributed by atoms with Crippen molar-refractivity contribution in [3.63, 3.8) is 0 Å². The normalized spacial score (nSPS) is 15.9. The highest BCUT2D eigenvalue weighted by Crippen LogP contribution is 2.38. The molecule has 1 saturated carbocycles. The highest BCUT2D eigenvalue weighted by Gasteiger charge is 2.25. The number of rotatable bonds is 2. The number of pyridine rings is 1. The Morgan fingerprint density at radius 3 is 2.50 bits per heavy atom. The maximum atomic E-state index is 11.7. The van der Waals surface area contributed by atoms with Crippen LogP contribution in [0, 0.1) is 5.41 Å². The van der Waals surface area contributed by atoms with Crippen molar-refractivity contribution in [1.29, 1.82) is 0 Å². The van der Waals surface area contributed by atoms with E-state index in [1.54, 1.807) is 6.20 Å². The monoisotopic (exact) mass is 218 g/mol. The SMILES string of the molecule is CC(C)(C)C(=O)Nc1ccc(C2CC2)nc1. The number of hydrogen-bond acceptors (Lipinski definition) is 2. The quantitative estimate of drug-likeness (QED) is 0.829. The van der Waals surface area contributed by atoms with E-state index in [4.69, 9.17) is 0 Å². The number of amides is 1. The second-order valence-corrected chi connectivity index (χ2v) is 5.45. The minimum absolute atomic E-state index is 0.0217. The highest BCUT2D eigenvalue weighted by molar-refractivity contribution is 5.94. The Balaban J connectivity index is 2.02. The molecule has 0 unspecified atom stereocenters. The predicted octanol–water partition coefficient (Wildman–Crippen LogP) is 2.94. The van der Waals surface area contributed by atoms with Gasteiger partial charge in [0.25, 0.3) is 0 Å². The van der Waals surface area contributed by atoms with Gasteiger partial charge in [-0.1, -0.05) is 20.8 Å². The van der Waals surface area contributed by atoms with E-state index in [2.05, 4.69) is 10.3 Å². The van der Waals surface area contributed by atoms with Gasteiger partial charge in [-0.3, -0.25) is 9.78 Å². The summed E-state index contributed by atoms with van der Waals surface area (Å²) in [4.78, 5) is 16.1. The van der Waals surface area contributed by atoms with Crippen molar-refractivity contribution in [2.75, 3.05) is 5.32 Å². The number of nitrogens with zero attached hydrogens (tertiary/aromatic N) is 1. The van der Waals surface area contributed by atoms with Crippen LogP contribution in [-0.4, -0.2) is 10.9 Å². The van der Waals surface area contributed by atoms with Crippen molar-refractivity contribution in [3.05, 3.63) is 24.0 Å². The molecule has 1 aromatic rings. The van der Waals surface area contributed by atoms with Crippen molar-refractivity contribution < 1.29 is 4.79 Å². The van der Waals surface area contributed by atoms with E-state index >= 15 is 0 Å². The van der Waals surface area contributed by atoms with Crippen LogP contribution in [0.25, 0.3) is 0 Å². The zero-order valence-electron chi connectivity index (χ0n) is 10.1. The molecular weight excluding hydrogens is 200 g/mol. The number of carbonyl (C=O) groups excluding carboxylic acids is 1. The standard InChI is InChI=1S/C13H18N2O/c1-13(2,3)12(16)15-10-6-7-11(14-8-10)9-4-5-9/h6-9H,4-5H2,1-3H3,(H,15,16). The minimum Gasteiger partial charge on any atom is -0.324 e. The molecule has 3 nitrogen and oxygen atoms in total. The van der Waals surface area contributed by atoms with Crippen LogP contribution < -0.4 is 5.32 Å². The van der Waals surface area contributed by atoms with Crippen LogP contribution in [0.1, 0.15) is 45.2 Å². The van der Waals surface area contributed by atoms with E-state index < -0.39 is 0 Å². The average molecular weight is 218 g/mol. The van der Waals surface area contributed by atoms with E-state index in [9.17, 15) is 4.79 Å². The van der Waals surface area contributed by atoms with Crippen molar-refractivity contribution in [2.45, 2.75) is 39.5 Å². The lowest BCUT2D eigenvalue weighted by atomic mass is 9.95. The fourth-order valence-corrected chi connectivity index (χ4v) is 1.42. The molecule has 1 aliphatic carbocycles. The van der Waals surface area contributed by atoms with Gasteiger partial charge in [-0.05, 0) is 25.0 Å². The Hall–Kier alpha value is -1.38. The van der Waals surface area contributed by atoms with Gasteiger partial charge in [0, 0.05) is 17.0 Å². The molecule has 1 amide bonds. The third-order valence-electron chi connectivity index (χ3n) is 2.72. The van der Waals surface area contributed by atoms with Gasteiger partial charge in [-0.25, -0.2) is 0 Å². The van der Waals surface area contributed by atoms with Crippen LogP contribution >= 0.6 is 0 Å². The van der Waals surface area contributed by atoms with Crippen LogP contribution in [0.5, 0.6) is 0 Å². The van der Waals surface area contributed by atoms with Gasteiger partial charge >= 0.3 is 0 Å². The van der Waals surface area contributed by atoms with Gasteiger partial charge in [-0.2, -0.15) is 0 Å². The van der Waals surface area contributed by atoms with E-state index in [0.29, 0.717) is 5.92 Å². The van der Waals surface area contributed by atoms with Crippen molar-refractivity contribution in [1.82, 2.24) is 4.98 Å². The van der Waals surface area contributed by atoms with E-state index in [1.165, 1.54) is 12.8 Å². The zero-order valence-corrected chi connectivity index (χ0v) is 10.1. The summed E-state index contributed by atoms with van der Waals surface area (Å²) in [5.74, 6) is 0.681. The van der Waals surface area contributed by atoms with E-state index in [1.807, 2.05) is 32.9 Å². The third kappa shape index (κ3) is 2.60. The Labute approximate surface area is 96.3 Å².